The minimum absolute atomic E-state index is 0.183. The molecule has 0 radical (unpaired) electrons. The van der Waals surface area contributed by atoms with Crippen molar-refractivity contribution in [3.63, 3.8) is 0 Å². The van der Waals surface area contributed by atoms with E-state index in [1.54, 1.807) is 0 Å². The first kappa shape index (κ1) is 13.9. The third-order valence-electron chi connectivity index (χ3n) is 4.17. The number of amides is 1. The fourth-order valence-corrected chi connectivity index (χ4v) is 2.92. The molecule has 3 nitrogen and oxygen atoms in total. The molecule has 1 aliphatic carbocycles. The number of hydrogen-bond donors (Lipinski definition) is 1. The van der Waals surface area contributed by atoms with E-state index in [1.165, 1.54) is 19.3 Å². The summed E-state index contributed by atoms with van der Waals surface area (Å²) in [6, 6.07) is 10.3. The van der Waals surface area contributed by atoms with E-state index in [-0.39, 0.29) is 5.91 Å². The van der Waals surface area contributed by atoms with Crippen LogP contribution >= 0.6 is 0 Å². The summed E-state index contributed by atoms with van der Waals surface area (Å²) >= 11 is 0. The van der Waals surface area contributed by atoms with Gasteiger partial charge in [-0.05, 0) is 30.9 Å². The second-order valence-electron chi connectivity index (χ2n) is 5.55. The Hall–Kier alpha value is -1.51. The maximum absolute atomic E-state index is 12.2. The SMILES string of the molecule is CC1CCCCC1N(C)C(=O)CNc1ccccc1. The lowest BCUT2D eigenvalue weighted by Gasteiger charge is -2.36. The van der Waals surface area contributed by atoms with Crippen molar-refractivity contribution in [3.8, 4) is 0 Å². The van der Waals surface area contributed by atoms with Gasteiger partial charge < -0.3 is 10.2 Å². The number of likely N-dealkylation sites (N-methyl/N-ethyl adjacent to an activating group) is 1. The van der Waals surface area contributed by atoms with Gasteiger partial charge in [0.25, 0.3) is 0 Å². The number of carbonyl (C=O) groups excluding carboxylic acids is 1. The number of benzene rings is 1. The summed E-state index contributed by atoms with van der Waals surface area (Å²) in [6.45, 7) is 2.64. The van der Waals surface area contributed by atoms with Crippen molar-refractivity contribution in [2.75, 3.05) is 18.9 Å². The summed E-state index contributed by atoms with van der Waals surface area (Å²) in [5.74, 6) is 0.807. The van der Waals surface area contributed by atoms with Crippen LogP contribution in [0.15, 0.2) is 30.3 Å². The van der Waals surface area contributed by atoms with E-state index in [0.717, 1.165) is 12.1 Å². The summed E-state index contributed by atoms with van der Waals surface area (Å²) in [5.41, 5.74) is 1.00. The minimum Gasteiger partial charge on any atom is -0.376 e. The van der Waals surface area contributed by atoms with Crippen LogP contribution in [0.5, 0.6) is 0 Å². The van der Waals surface area contributed by atoms with E-state index in [4.69, 9.17) is 0 Å². The molecular weight excluding hydrogens is 236 g/mol. The zero-order chi connectivity index (χ0) is 13.7. The number of rotatable bonds is 4. The number of carbonyl (C=O) groups is 1. The molecule has 1 fully saturated rings. The van der Waals surface area contributed by atoms with Gasteiger partial charge in [-0.25, -0.2) is 0 Å². The molecule has 0 spiro atoms. The third kappa shape index (κ3) is 3.72. The van der Waals surface area contributed by atoms with E-state index < -0.39 is 0 Å². The normalized spacial score (nSPS) is 22.8. The molecule has 0 bridgehead atoms. The van der Waals surface area contributed by atoms with Crippen LogP contribution in [0.2, 0.25) is 0 Å². The quantitative estimate of drug-likeness (QED) is 0.902. The fraction of sp³-hybridized carbons (Fsp3) is 0.562. The van der Waals surface area contributed by atoms with Crippen LogP contribution in [-0.4, -0.2) is 30.4 Å². The molecule has 1 N–H and O–H groups in total. The van der Waals surface area contributed by atoms with Gasteiger partial charge in [-0.15, -0.1) is 0 Å². The highest BCUT2D eigenvalue weighted by atomic mass is 16.2. The smallest absolute Gasteiger partial charge is 0.241 e. The molecule has 1 saturated carbocycles. The van der Waals surface area contributed by atoms with Crippen molar-refractivity contribution < 1.29 is 4.79 Å². The summed E-state index contributed by atoms with van der Waals surface area (Å²) in [5, 5.41) is 3.19. The summed E-state index contributed by atoms with van der Waals surface area (Å²) in [7, 11) is 1.95. The van der Waals surface area contributed by atoms with Crippen molar-refractivity contribution in [1.29, 1.82) is 0 Å². The van der Waals surface area contributed by atoms with E-state index in [2.05, 4.69) is 12.2 Å². The van der Waals surface area contributed by atoms with Gasteiger partial charge in [0, 0.05) is 18.8 Å². The fourth-order valence-electron chi connectivity index (χ4n) is 2.92. The van der Waals surface area contributed by atoms with Crippen LogP contribution in [0, 0.1) is 5.92 Å². The van der Waals surface area contributed by atoms with Gasteiger partial charge in [0.15, 0.2) is 0 Å². The van der Waals surface area contributed by atoms with Crippen molar-refractivity contribution >= 4 is 11.6 Å². The van der Waals surface area contributed by atoms with Crippen LogP contribution in [0.4, 0.5) is 5.69 Å². The van der Waals surface area contributed by atoms with E-state index in [9.17, 15) is 4.79 Å². The number of anilines is 1. The van der Waals surface area contributed by atoms with Crippen molar-refractivity contribution in [2.24, 2.45) is 5.92 Å². The van der Waals surface area contributed by atoms with Gasteiger partial charge in [0.2, 0.25) is 5.91 Å². The highest BCUT2D eigenvalue weighted by Gasteiger charge is 2.27. The molecule has 19 heavy (non-hydrogen) atoms. The Morgan fingerprint density at radius 1 is 1.26 bits per heavy atom. The average molecular weight is 260 g/mol. The molecule has 104 valence electrons. The molecule has 1 aromatic carbocycles. The molecule has 0 aromatic heterocycles. The lowest BCUT2D eigenvalue weighted by molar-refractivity contribution is -0.131. The van der Waals surface area contributed by atoms with Gasteiger partial charge in [-0.3, -0.25) is 4.79 Å². The Morgan fingerprint density at radius 3 is 2.63 bits per heavy atom. The summed E-state index contributed by atoms with van der Waals surface area (Å²) < 4.78 is 0. The molecule has 2 unspecified atom stereocenters. The molecule has 1 amide bonds. The first-order valence-electron chi connectivity index (χ1n) is 7.23. The lowest BCUT2D eigenvalue weighted by Crippen LogP contribution is -2.44. The minimum atomic E-state index is 0.183. The topological polar surface area (TPSA) is 32.3 Å². The molecule has 2 atom stereocenters. The Morgan fingerprint density at radius 2 is 1.95 bits per heavy atom. The van der Waals surface area contributed by atoms with Gasteiger partial charge in [0.1, 0.15) is 0 Å². The van der Waals surface area contributed by atoms with Gasteiger partial charge >= 0.3 is 0 Å². The Kier molecular flexibility index (Phi) is 4.83. The summed E-state index contributed by atoms with van der Waals surface area (Å²) in [4.78, 5) is 14.2. The standard InChI is InChI=1S/C16H24N2O/c1-13-8-6-7-11-15(13)18(2)16(19)12-17-14-9-4-3-5-10-14/h3-5,9-10,13,15,17H,6-8,11-12H2,1-2H3. The van der Waals surface area contributed by atoms with E-state index in [0.29, 0.717) is 18.5 Å². The molecule has 3 heteroatoms. The Balaban J connectivity index is 1.85. The maximum atomic E-state index is 12.2. The van der Waals surface area contributed by atoms with Gasteiger partial charge in [-0.1, -0.05) is 38.0 Å². The molecule has 1 aliphatic rings. The predicted molar refractivity (Wildman–Crippen MR) is 79.1 cm³/mol. The molecule has 2 rings (SSSR count). The zero-order valence-corrected chi connectivity index (χ0v) is 11.9. The van der Waals surface area contributed by atoms with Gasteiger partial charge in [-0.2, -0.15) is 0 Å². The lowest BCUT2D eigenvalue weighted by atomic mass is 9.85. The number of nitrogens with one attached hydrogen (secondary N) is 1. The van der Waals surface area contributed by atoms with E-state index >= 15 is 0 Å². The van der Waals surface area contributed by atoms with Crippen LogP contribution in [-0.2, 0) is 4.79 Å². The van der Waals surface area contributed by atoms with Crippen LogP contribution in [0.1, 0.15) is 32.6 Å². The molecule has 1 aromatic rings. The zero-order valence-electron chi connectivity index (χ0n) is 11.9. The van der Waals surface area contributed by atoms with Crippen LogP contribution in [0.25, 0.3) is 0 Å². The molecule has 0 aliphatic heterocycles. The largest absolute Gasteiger partial charge is 0.376 e. The third-order valence-corrected chi connectivity index (χ3v) is 4.17. The monoisotopic (exact) mass is 260 g/mol. The average Bonchev–Trinajstić information content (AvgIpc) is 2.45. The van der Waals surface area contributed by atoms with Crippen molar-refractivity contribution in [1.82, 2.24) is 4.90 Å². The predicted octanol–water partition coefficient (Wildman–Crippen LogP) is 3.14. The van der Waals surface area contributed by atoms with Gasteiger partial charge in [0.05, 0.1) is 6.54 Å². The van der Waals surface area contributed by atoms with Crippen LogP contribution in [0.3, 0.4) is 0 Å². The summed E-state index contributed by atoms with van der Waals surface area (Å²) in [6.07, 6.45) is 4.95. The molecule has 0 heterocycles. The van der Waals surface area contributed by atoms with E-state index in [1.807, 2.05) is 42.3 Å². The first-order valence-corrected chi connectivity index (χ1v) is 7.23. The second kappa shape index (κ2) is 6.60. The molecule has 0 saturated heterocycles. The highest BCUT2D eigenvalue weighted by molar-refractivity contribution is 5.80. The Bertz CT molecular complexity index is 404. The maximum Gasteiger partial charge on any atom is 0.241 e. The number of hydrogen-bond acceptors (Lipinski definition) is 2. The number of nitrogens with zero attached hydrogens (tertiary/aromatic N) is 1. The number of para-hydroxylation sites is 1. The van der Waals surface area contributed by atoms with Crippen LogP contribution < -0.4 is 5.32 Å². The molecular formula is C16H24N2O. The van der Waals surface area contributed by atoms with Crippen molar-refractivity contribution in [2.45, 2.75) is 38.6 Å². The first-order chi connectivity index (χ1) is 9.18. The highest BCUT2D eigenvalue weighted by Crippen LogP contribution is 2.27. The van der Waals surface area contributed by atoms with Crippen molar-refractivity contribution in [3.05, 3.63) is 30.3 Å². The Labute approximate surface area is 116 Å². The second-order valence-corrected chi connectivity index (χ2v) is 5.55.